The quantitative estimate of drug-likeness (QED) is 0.221. The van der Waals surface area contributed by atoms with Crippen molar-refractivity contribution in [2.45, 2.75) is 63.7 Å². The summed E-state index contributed by atoms with van der Waals surface area (Å²) in [4.78, 5) is 31.8. The number of fused-ring (bicyclic) bond motifs is 1. The van der Waals surface area contributed by atoms with Crippen LogP contribution in [0.25, 0.3) is 0 Å². The maximum Gasteiger partial charge on any atom is 0.430 e. The van der Waals surface area contributed by atoms with E-state index in [1.54, 1.807) is 39.0 Å². The minimum absolute atomic E-state index is 0.0224. The summed E-state index contributed by atoms with van der Waals surface area (Å²) >= 11 is 0. The number of alkyl halides is 6. The molecule has 0 saturated carbocycles. The topological polar surface area (TPSA) is 110 Å². The molecular formula is C31H29F6N3O6. The molecule has 5 rings (SSSR count). The number of carbonyl (C=O) groups excluding carboxylic acids is 2. The number of imide groups is 1. The Morgan fingerprint density at radius 3 is 2.30 bits per heavy atom. The van der Waals surface area contributed by atoms with E-state index in [0.29, 0.717) is 60.0 Å². The molecule has 46 heavy (non-hydrogen) atoms. The standard InChI is InChI=1S/C31H29F6N3O6/c1-4-5-18-12-21(29(43,30(32,33)34)31(35,36)37)7-8-22(18)46-25-13-19(17(2)15-38-25)16-40-26(41)28(3,39-27(40)42)20-6-9-23-24(14-20)45-11-10-44-23/h6-9,12-15,43H,4-5,10-11,16H2,1-3H3,(H,39,42). The molecular weight excluding hydrogens is 624 g/mol. The lowest BCUT2D eigenvalue weighted by Gasteiger charge is -2.33. The predicted octanol–water partition coefficient (Wildman–Crippen LogP) is 6.19. The number of hydrogen-bond acceptors (Lipinski definition) is 7. The number of urea groups is 1. The van der Waals surface area contributed by atoms with Crippen LogP contribution in [0.15, 0.2) is 48.7 Å². The number of carbonyl (C=O) groups is 2. The van der Waals surface area contributed by atoms with Crippen molar-refractivity contribution in [1.29, 1.82) is 0 Å². The van der Waals surface area contributed by atoms with E-state index < -0.39 is 41.0 Å². The Bertz CT molecular complexity index is 1660. The molecule has 246 valence electrons. The SMILES string of the molecule is CCCc1cc(C(O)(C(F)(F)F)C(F)(F)F)ccc1Oc1cc(CN2C(=O)NC(C)(c3ccc4c(c3)OCCO4)C2=O)c(C)cn1. The molecule has 3 amide bonds. The molecule has 3 heterocycles. The Balaban J connectivity index is 1.41. The van der Waals surface area contributed by atoms with Gasteiger partial charge in [-0.25, -0.2) is 9.78 Å². The first kappa shape index (κ1) is 32.9. The Hall–Kier alpha value is -4.53. The molecule has 1 fully saturated rings. The average molecular weight is 654 g/mol. The molecule has 0 spiro atoms. The highest BCUT2D eigenvalue weighted by Crippen LogP contribution is 2.50. The van der Waals surface area contributed by atoms with E-state index in [1.807, 2.05) is 0 Å². The third-order valence-electron chi connectivity index (χ3n) is 7.95. The molecule has 0 radical (unpaired) electrons. The second-order valence-electron chi connectivity index (χ2n) is 11.1. The van der Waals surface area contributed by atoms with Crippen molar-refractivity contribution in [3.8, 4) is 23.1 Å². The fourth-order valence-corrected chi connectivity index (χ4v) is 5.30. The van der Waals surface area contributed by atoms with Gasteiger partial charge in [-0.2, -0.15) is 26.3 Å². The van der Waals surface area contributed by atoms with Crippen molar-refractivity contribution in [3.05, 3.63) is 76.5 Å². The van der Waals surface area contributed by atoms with Crippen LogP contribution in [0.2, 0.25) is 0 Å². The van der Waals surface area contributed by atoms with Crippen LogP contribution in [0, 0.1) is 6.92 Å². The highest BCUT2D eigenvalue weighted by Gasteiger charge is 2.71. The third kappa shape index (κ3) is 5.67. The van der Waals surface area contributed by atoms with E-state index in [1.165, 1.54) is 12.3 Å². The number of benzene rings is 2. The normalized spacial score (nSPS) is 18.5. The van der Waals surface area contributed by atoms with Crippen molar-refractivity contribution < 1.29 is 55.2 Å². The van der Waals surface area contributed by atoms with E-state index >= 15 is 0 Å². The number of aromatic nitrogens is 1. The van der Waals surface area contributed by atoms with Gasteiger partial charge in [-0.3, -0.25) is 9.69 Å². The summed E-state index contributed by atoms with van der Waals surface area (Å²) in [6.45, 7) is 5.42. The summed E-state index contributed by atoms with van der Waals surface area (Å²) in [6, 6.07) is 7.70. The molecule has 2 aromatic carbocycles. The number of hydrogen-bond donors (Lipinski definition) is 2. The molecule has 1 atom stereocenters. The van der Waals surface area contributed by atoms with Crippen LogP contribution in [-0.4, -0.2) is 52.5 Å². The number of halogens is 6. The van der Waals surface area contributed by atoms with Crippen LogP contribution in [0.3, 0.4) is 0 Å². The largest absolute Gasteiger partial charge is 0.486 e. The van der Waals surface area contributed by atoms with Crippen LogP contribution in [0.1, 0.15) is 48.1 Å². The monoisotopic (exact) mass is 653 g/mol. The second-order valence-corrected chi connectivity index (χ2v) is 11.1. The third-order valence-corrected chi connectivity index (χ3v) is 7.95. The zero-order valence-electron chi connectivity index (χ0n) is 24.8. The van der Waals surface area contributed by atoms with E-state index in [-0.39, 0.29) is 30.2 Å². The van der Waals surface area contributed by atoms with Gasteiger partial charge < -0.3 is 24.6 Å². The molecule has 2 N–H and O–H groups in total. The Kier molecular flexibility index (Phi) is 8.34. The van der Waals surface area contributed by atoms with Crippen LogP contribution < -0.4 is 19.5 Å². The van der Waals surface area contributed by atoms with Gasteiger partial charge in [-0.05, 0) is 66.8 Å². The van der Waals surface area contributed by atoms with Gasteiger partial charge in [0.15, 0.2) is 11.5 Å². The fourth-order valence-electron chi connectivity index (χ4n) is 5.30. The van der Waals surface area contributed by atoms with Crippen molar-refractivity contribution >= 4 is 11.9 Å². The van der Waals surface area contributed by atoms with Crippen LogP contribution in [0.4, 0.5) is 31.1 Å². The first-order valence-electron chi connectivity index (χ1n) is 14.2. The summed E-state index contributed by atoms with van der Waals surface area (Å²) in [5.74, 6) is 0.236. The van der Waals surface area contributed by atoms with E-state index in [9.17, 15) is 41.0 Å². The molecule has 9 nitrogen and oxygen atoms in total. The van der Waals surface area contributed by atoms with Gasteiger partial charge in [-0.15, -0.1) is 0 Å². The highest BCUT2D eigenvalue weighted by atomic mass is 19.4. The molecule has 2 aliphatic rings. The summed E-state index contributed by atoms with van der Waals surface area (Å²) in [5, 5.41) is 12.6. The van der Waals surface area contributed by atoms with Gasteiger partial charge in [0.1, 0.15) is 24.5 Å². The van der Waals surface area contributed by atoms with Crippen LogP contribution in [0.5, 0.6) is 23.1 Å². The first-order valence-corrected chi connectivity index (χ1v) is 14.2. The van der Waals surface area contributed by atoms with Gasteiger partial charge in [-0.1, -0.05) is 25.5 Å². The summed E-state index contributed by atoms with van der Waals surface area (Å²) in [6.07, 6.45) is -10.3. The summed E-state index contributed by atoms with van der Waals surface area (Å²) in [5.41, 5.74) is -6.45. The van der Waals surface area contributed by atoms with Gasteiger partial charge in [0, 0.05) is 17.8 Å². The number of nitrogens with one attached hydrogen (secondary N) is 1. The maximum absolute atomic E-state index is 13.6. The number of aliphatic hydroxyl groups is 1. The number of ether oxygens (including phenoxy) is 3. The lowest BCUT2D eigenvalue weighted by molar-refractivity contribution is -0.376. The molecule has 1 unspecified atom stereocenters. The smallest absolute Gasteiger partial charge is 0.430 e. The first-order chi connectivity index (χ1) is 21.5. The number of aryl methyl sites for hydroxylation is 2. The molecule has 15 heteroatoms. The minimum atomic E-state index is -6.04. The summed E-state index contributed by atoms with van der Waals surface area (Å²) in [7, 11) is 0. The minimum Gasteiger partial charge on any atom is -0.486 e. The Labute approximate surface area is 259 Å². The molecule has 3 aromatic rings. The average Bonchev–Trinajstić information content (AvgIpc) is 3.21. The van der Waals surface area contributed by atoms with Gasteiger partial charge in [0.2, 0.25) is 5.88 Å². The fraction of sp³-hybridized carbons (Fsp3) is 0.387. The zero-order chi connectivity index (χ0) is 33.7. The number of pyridine rings is 1. The maximum atomic E-state index is 13.6. The number of nitrogens with zero attached hydrogens (tertiary/aromatic N) is 2. The van der Waals surface area contributed by atoms with Gasteiger partial charge in [0.25, 0.3) is 11.5 Å². The molecule has 1 saturated heterocycles. The second kappa shape index (κ2) is 11.7. The van der Waals surface area contributed by atoms with E-state index in [4.69, 9.17) is 14.2 Å². The Morgan fingerprint density at radius 2 is 1.65 bits per heavy atom. The lowest BCUT2D eigenvalue weighted by atomic mass is 9.90. The Morgan fingerprint density at radius 1 is 0.978 bits per heavy atom. The van der Waals surface area contributed by atoms with E-state index in [0.717, 1.165) is 11.0 Å². The van der Waals surface area contributed by atoms with E-state index in [2.05, 4.69) is 10.3 Å². The molecule has 1 aromatic heterocycles. The van der Waals surface area contributed by atoms with Crippen LogP contribution >= 0.6 is 0 Å². The highest BCUT2D eigenvalue weighted by molar-refractivity contribution is 6.07. The number of rotatable bonds is 8. The molecule has 0 aliphatic carbocycles. The predicted molar refractivity (Wildman–Crippen MR) is 149 cm³/mol. The van der Waals surface area contributed by atoms with Gasteiger partial charge >= 0.3 is 18.4 Å². The van der Waals surface area contributed by atoms with Gasteiger partial charge in [0.05, 0.1) is 6.54 Å². The van der Waals surface area contributed by atoms with Crippen molar-refractivity contribution in [1.82, 2.24) is 15.2 Å². The summed E-state index contributed by atoms with van der Waals surface area (Å²) < 4.78 is 97.9. The van der Waals surface area contributed by atoms with Crippen molar-refractivity contribution in [2.24, 2.45) is 0 Å². The molecule has 0 bridgehead atoms. The molecule has 2 aliphatic heterocycles. The van der Waals surface area contributed by atoms with Crippen molar-refractivity contribution in [2.75, 3.05) is 13.2 Å². The number of amides is 3. The van der Waals surface area contributed by atoms with Crippen molar-refractivity contribution in [3.63, 3.8) is 0 Å². The van der Waals surface area contributed by atoms with Crippen LogP contribution in [-0.2, 0) is 28.9 Å². The lowest BCUT2D eigenvalue weighted by Crippen LogP contribution is -2.53. The zero-order valence-corrected chi connectivity index (χ0v) is 24.8.